The molecule has 0 spiro atoms. The van der Waals surface area contributed by atoms with Crippen LogP contribution in [0.1, 0.15) is 40.0 Å². The third-order valence-corrected chi connectivity index (χ3v) is 7.05. The molecule has 2 unspecified atom stereocenters. The van der Waals surface area contributed by atoms with Gasteiger partial charge < -0.3 is 9.64 Å². The zero-order valence-electron chi connectivity index (χ0n) is 12.6. The van der Waals surface area contributed by atoms with Crippen LogP contribution >= 0.6 is 0 Å². The van der Waals surface area contributed by atoms with Gasteiger partial charge >= 0.3 is 0 Å². The summed E-state index contributed by atoms with van der Waals surface area (Å²) in [5.74, 6) is 0.0284. The molecule has 0 aromatic carbocycles. The summed E-state index contributed by atoms with van der Waals surface area (Å²) in [6, 6.07) is 0. The number of carbonyl (C=O) groups excluding carboxylic acids is 1. The van der Waals surface area contributed by atoms with Crippen molar-refractivity contribution < 1.29 is 17.9 Å². The number of sulfone groups is 1. The smallest absolute Gasteiger partial charge is 0.228 e. The zero-order valence-corrected chi connectivity index (χ0v) is 13.4. The first kappa shape index (κ1) is 15.8. The Morgan fingerprint density at radius 2 is 2.10 bits per heavy atom. The van der Waals surface area contributed by atoms with E-state index in [1.165, 1.54) is 0 Å². The minimum absolute atomic E-state index is 0.0158. The van der Waals surface area contributed by atoms with Crippen molar-refractivity contribution in [3.63, 3.8) is 0 Å². The van der Waals surface area contributed by atoms with Crippen molar-refractivity contribution in [1.82, 2.24) is 4.90 Å². The molecule has 2 aliphatic rings. The minimum Gasteiger partial charge on any atom is -0.377 e. The molecule has 0 aliphatic carbocycles. The number of amides is 1. The Morgan fingerprint density at radius 1 is 1.40 bits per heavy atom. The highest BCUT2D eigenvalue weighted by atomic mass is 32.2. The Hall–Kier alpha value is -0.620. The predicted octanol–water partition coefficient (Wildman–Crippen LogP) is 1.23. The van der Waals surface area contributed by atoms with E-state index in [4.69, 9.17) is 4.74 Å². The zero-order chi connectivity index (χ0) is 15.0. The molecule has 5 nitrogen and oxygen atoms in total. The predicted molar refractivity (Wildman–Crippen MR) is 77.2 cm³/mol. The van der Waals surface area contributed by atoms with Crippen molar-refractivity contribution in [2.24, 2.45) is 5.92 Å². The van der Waals surface area contributed by atoms with Gasteiger partial charge in [-0.2, -0.15) is 0 Å². The number of hydrogen-bond acceptors (Lipinski definition) is 4. The number of hydrogen-bond donors (Lipinski definition) is 0. The van der Waals surface area contributed by atoms with Crippen LogP contribution in [-0.2, 0) is 19.4 Å². The summed E-state index contributed by atoms with van der Waals surface area (Å²) in [6.45, 7) is 6.77. The Kier molecular flexibility index (Phi) is 4.44. The van der Waals surface area contributed by atoms with E-state index in [0.717, 1.165) is 25.9 Å². The molecular formula is C14H25NO4S. The molecule has 2 saturated heterocycles. The van der Waals surface area contributed by atoms with Crippen molar-refractivity contribution >= 4 is 15.7 Å². The number of carbonyl (C=O) groups is 1. The van der Waals surface area contributed by atoms with E-state index in [0.29, 0.717) is 13.1 Å². The van der Waals surface area contributed by atoms with E-state index < -0.39 is 14.6 Å². The second-order valence-corrected chi connectivity index (χ2v) is 9.15. The molecule has 2 aliphatic heterocycles. The van der Waals surface area contributed by atoms with Gasteiger partial charge in [-0.3, -0.25) is 4.79 Å². The molecule has 0 radical (unpaired) electrons. The highest BCUT2D eigenvalue weighted by Crippen LogP contribution is 2.29. The maximum Gasteiger partial charge on any atom is 0.228 e. The summed E-state index contributed by atoms with van der Waals surface area (Å²) in [7, 11) is -3.10. The van der Waals surface area contributed by atoms with Crippen molar-refractivity contribution in [2.75, 3.05) is 25.4 Å². The molecule has 2 heterocycles. The third-order valence-electron chi connectivity index (χ3n) is 4.51. The molecule has 0 aromatic rings. The third kappa shape index (κ3) is 2.86. The lowest BCUT2D eigenvalue weighted by Crippen LogP contribution is -2.57. The first-order valence-electron chi connectivity index (χ1n) is 7.41. The fourth-order valence-corrected chi connectivity index (χ4v) is 4.46. The van der Waals surface area contributed by atoms with Crippen molar-refractivity contribution in [3.05, 3.63) is 0 Å². The summed E-state index contributed by atoms with van der Waals surface area (Å²) in [5, 5.41) is 0. The maximum absolute atomic E-state index is 12.7. The van der Waals surface area contributed by atoms with E-state index >= 15 is 0 Å². The van der Waals surface area contributed by atoms with Gasteiger partial charge in [-0.1, -0.05) is 6.92 Å². The quantitative estimate of drug-likeness (QED) is 0.769. The summed E-state index contributed by atoms with van der Waals surface area (Å²) in [4.78, 5) is 14.4. The lowest BCUT2D eigenvalue weighted by molar-refractivity contribution is -0.145. The largest absolute Gasteiger partial charge is 0.377 e. The second kappa shape index (κ2) is 5.64. The van der Waals surface area contributed by atoms with Crippen molar-refractivity contribution in [2.45, 2.75) is 50.9 Å². The molecule has 20 heavy (non-hydrogen) atoms. The number of nitrogens with zero attached hydrogens (tertiary/aromatic N) is 1. The summed E-state index contributed by atoms with van der Waals surface area (Å²) >= 11 is 0. The highest BCUT2D eigenvalue weighted by molar-refractivity contribution is 7.92. The van der Waals surface area contributed by atoms with E-state index in [9.17, 15) is 13.2 Å². The van der Waals surface area contributed by atoms with Gasteiger partial charge in [-0.05, 0) is 33.1 Å². The second-order valence-electron chi connectivity index (χ2n) is 6.40. The van der Waals surface area contributed by atoms with Crippen molar-refractivity contribution in [3.8, 4) is 0 Å². The number of rotatable bonds is 2. The van der Waals surface area contributed by atoms with Crippen molar-refractivity contribution in [1.29, 1.82) is 0 Å². The van der Waals surface area contributed by atoms with E-state index in [1.54, 1.807) is 18.7 Å². The monoisotopic (exact) mass is 303 g/mol. The fourth-order valence-electron chi connectivity index (χ4n) is 3.09. The molecule has 2 fully saturated rings. The Morgan fingerprint density at radius 3 is 2.70 bits per heavy atom. The topological polar surface area (TPSA) is 63.7 Å². The molecule has 2 rings (SSSR count). The maximum atomic E-state index is 12.7. The summed E-state index contributed by atoms with van der Waals surface area (Å²) < 4.78 is 28.8. The molecule has 116 valence electrons. The van der Waals surface area contributed by atoms with E-state index in [1.807, 2.05) is 6.92 Å². The van der Waals surface area contributed by atoms with Gasteiger partial charge in [-0.15, -0.1) is 0 Å². The van der Waals surface area contributed by atoms with E-state index in [2.05, 4.69) is 0 Å². The van der Waals surface area contributed by atoms with Gasteiger partial charge in [0.2, 0.25) is 5.91 Å². The minimum atomic E-state index is -3.10. The normalized spacial score (nSPS) is 32.9. The first-order chi connectivity index (χ1) is 9.28. The van der Waals surface area contributed by atoms with Gasteiger partial charge in [-0.25, -0.2) is 8.42 Å². The standard InChI is InChI=1S/C14H25NO4S/c1-4-12-11(6-5-8-19-12)13(16)15-7-9-20(17,18)14(2,3)10-15/h11-12H,4-10H2,1-3H3. The van der Waals surface area contributed by atoms with Crippen LogP contribution in [0.25, 0.3) is 0 Å². The summed E-state index contributed by atoms with van der Waals surface area (Å²) in [5.41, 5.74) is 0. The highest BCUT2D eigenvalue weighted by Gasteiger charge is 2.44. The fraction of sp³-hybridized carbons (Fsp3) is 0.929. The molecule has 0 saturated carbocycles. The number of ether oxygens (including phenoxy) is 1. The molecule has 2 atom stereocenters. The van der Waals surface area contributed by atoms with Gasteiger partial charge in [0.1, 0.15) is 0 Å². The van der Waals surface area contributed by atoms with Crippen LogP contribution in [0.2, 0.25) is 0 Å². The van der Waals surface area contributed by atoms with Gasteiger partial charge in [0.15, 0.2) is 9.84 Å². The Bertz CT molecular complexity index is 472. The van der Waals surface area contributed by atoms with Crippen LogP contribution in [0.4, 0.5) is 0 Å². The first-order valence-corrected chi connectivity index (χ1v) is 9.06. The Labute approximate surface area is 121 Å². The van der Waals surface area contributed by atoms with Crippen LogP contribution in [0.3, 0.4) is 0 Å². The molecule has 6 heteroatoms. The molecule has 0 bridgehead atoms. The average Bonchev–Trinajstić information content (AvgIpc) is 2.41. The lowest BCUT2D eigenvalue weighted by Gasteiger charge is -2.41. The average molecular weight is 303 g/mol. The summed E-state index contributed by atoms with van der Waals surface area (Å²) in [6.07, 6.45) is 2.56. The molecule has 1 amide bonds. The Balaban J connectivity index is 2.10. The van der Waals surface area contributed by atoms with E-state index in [-0.39, 0.29) is 23.7 Å². The van der Waals surface area contributed by atoms with Crippen LogP contribution in [0.5, 0.6) is 0 Å². The molecule has 0 aromatic heterocycles. The van der Waals surface area contributed by atoms with Crippen LogP contribution < -0.4 is 0 Å². The molecular weight excluding hydrogens is 278 g/mol. The van der Waals surface area contributed by atoms with Crippen LogP contribution in [0, 0.1) is 5.92 Å². The van der Waals surface area contributed by atoms with Gasteiger partial charge in [0.25, 0.3) is 0 Å². The van der Waals surface area contributed by atoms with Gasteiger partial charge in [0.05, 0.1) is 22.5 Å². The van der Waals surface area contributed by atoms with Gasteiger partial charge in [0, 0.05) is 19.7 Å². The molecule has 0 N–H and O–H groups in total. The van der Waals surface area contributed by atoms with Crippen LogP contribution in [0.15, 0.2) is 0 Å². The SMILES string of the molecule is CCC1OCCCC1C(=O)N1CCS(=O)(=O)C(C)(C)C1. The lowest BCUT2D eigenvalue weighted by atomic mass is 9.91. The van der Waals surface area contributed by atoms with Crippen LogP contribution in [-0.4, -0.2) is 55.5 Å².